The molecular formula is C11H14O2. The first-order valence-corrected chi connectivity index (χ1v) is 4.72. The number of ether oxygens (including phenoxy) is 1. The maximum atomic E-state index is 11.3. The Kier molecular flexibility index (Phi) is 1.98. The number of rotatable bonds is 1. The summed E-state index contributed by atoms with van der Waals surface area (Å²) in [6, 6.07) is 0. The van der Waals surface area contributed by atoms with E-state index in [9.17, 15) is 4.79 Å². The van der Waals surface area contributed by atoms with Crippen molar-refractivity contribution in [3.8, 4) is 0 Å². The van der Waals surface area contributed by atoms with Gasteiger partial charge in [-0.15, -0.1) is 0 Å². The average molecular weight is 178 g/mol. The van der Waals surface area contributed by atoms with Gasteiger partial charge in [0.1, 0.15) is 0 Å². The molecule has 1 aliphatic carbocycles. The third-order valence-electron chi connectivity index (χ3n) is 3.14. The number of carbonyl (C=O) groups excluding carboxylic acids is 1. The quantitative estimate of drug-likeness (QED) is 0.574. The van der Waals surface area contributed by atoms with E-state index in [1.54, 1.807) is 0 Å². The van der Waals surface area contributed by atoms with Crippen LogP contribution in [0.1, 0.15) is 19.8 Å². The summed E-state index contributed by atoms with van der Waals surface area (Å²) in [5.41, 5.74) is 2.61. The fourth-order valence-corrected chi connectivity index (χ4v) is 2.34. The maximum Gasteiger partial charge on any atom is 0.309 e. The molecule has 1 saturated heterocycles. The summed E-state index contributed by atoms with van der Waals surface area (Å²) in [5.74, 6) is 0.382. The molecule has 0 aromatic carbocycles. The Hall–Kier alpha value is -1.05. The number of fused-ring (bicyclic) bond motifs is 1. The van der Waals surface area contributed by atoms with E-state index in [-0.39, 0.29) is 11.9 Å². The van der Waals surface area contributed by atoms with E-state index in [2.05, 4.69) is 13.5 Å². The molecule has 0 spiro atoms. The molecular weight excluding hydrogens is 164 g/mol. The zero-order valence-electron chi connectivity index (χ0n) is 7.88. The predicted octanol–water partition coefficient (Wildman–Crippen LogP) is 2.07. The Balaban J connectivity index is 2.33. The molecule has 2 heteroatoms. The highest BCUT2D eigenvalue weighted by atomic mass is 16.5. The molecule has 0 N–H and O–H groups in total. The van der Waals surface area contributed by atoms with Gasteiger partial charge in [-0.3, -0.25) is 4.79 Å². The van der Waals surface area contributed by atoms with E-state index in [1.165, 1.54) is 11.1 Å². The molecule has 0 aromatic rings. The zero-order valence-corrected chi connectivity index (χ0v) is 7.88. The Morgan fingerprint density at radius 1 is 1.54 bits per heavy atom. The van der Waals surface area contributed by atoms with Gasteiger partial charge in [0, 0.05) is 5.92 Å². The van der Waals surface area contributed by atoms with E-state index in [0.29, 0.717) is 12.5 Å². The first-order valence-electron chi connectivity index (χ1n) is 4.72. The predicted molar refractivity (Wildman–Crippen MR) is 50.1 cm³/mol. The number of hydrogen-bond donors (Lipinski definition) is 0. The minimum absolute atomic E-state index is 0.0168. The van der Waals surface area contributed by atoms with Crippen molar-refractivity contribution in [3.05, 3.63) is 23.8 Å². The summed E-state index contributed by atoms with van der Waals surface area (Å²) in [7, 11) is 0. The Bertz CT molecular complexity index is 288. The number of cyclic esters (lactones) is 1. The van der Waals surface area contributed by atoms with Crippen LogP contribution in [-0.2, 0) is 9.53 Å². The average Bonchev–Trinajstić information content (AvgIpc) is 2.48. The lowest BCUT2D eigenvalue weighted by molar-refractivity contribution is -0.141. The third-order valence-corrected chi connectivity index (χ3v) is 3.14. The number of hydrogen-bond acceptors (Lipinski definition) is 2. The van der Waals surface area contributed by atoms with E-state index in [4.69, 9.17) is 4.74 Å². The highest BCUT2D eigenvalue weighted by molar-refractivity contribution is 5.76. The molecule has 0 aromatic heterocycles. The SMILES string of the molecule is C=CC1=C(C)CC[C@@H]2C(=O)OC[C@H]12. The van der Waals surface area contributed by atoms with Crippen LogP contribution < -0.4 is 0 Å². The molecule has 2 rings (SSSR count). The minimum atomic E-state index is -0.0168. The first kappa shape index (κ1) is 8.54. The summed E-state index contributed by atoms with van der Waals surface area (Å²) in [6.45, 7) is 6.47. The second kappa shape index (κ2) is 3.02. The first-order chi connectivity index (χ1) is 6.24. The highest BCUT2D eigenvalue weighted by Gasteiger charge is 2.40. The van der Waals surface area contributed by atoms with Crippen LogP contribution in [0.5, 0.6) is 0 Å². The van der Waals surface area contributed by atoms with Crippen molar-refractivity contribution in [2.75, 3.05) is 6.61 Å². The standard InChI is InChI=1S/C11H14O2/c1-3-8-7(2)4-5-9-10(8)6-13-11(9)12/h3,9-10H,1,4-6H2,2H3/t9-,10+/m0/s1. The van der Waals surface area contributed by atoms with Crippen molar-refractivity contribution >= 4 is 5.97 Å². The third kappa shape index (κ3) is 1.21. The normalized spacial score (nSPS) is 32.8. The second-order valence-corrected chi connectivity index (χ2v) is 3.82. The van der Waals surface area contributed by atoms with Crippen LogP contribution in [0.25, 0.3) is 0 Å². The van der Waals surface area contributed by atoms with Crippen LogP contribution in [0.4, 0.5) is 0 Å². The van der Waals surface area contributed by atoms with Gasteiger partial charge in [0.25, 0.3) is 0 Å². The molecule has 13 heavy (non-hydrogen) atoms. The number of carbonyl (C=O) groups is 1. The summed E-state index contributed by atoms with van der Waals surface area (Å²) >= 11 is 0. The summed E-state index contributed by atoms with van der Waals surface area (Å²) in [4.78, 5) is 11.3. The zero-order chi connectivity index (χ0) is 9.42. The molecule has 70 valence electrons. The summed E-state index contributed by atoms with van der Waals surface area (Å²) < 4.78 is 5.06. The molecule has 1 fully saturated rings. The van der Waals surface area contributed by atoms with Crippen LogP contribution in [0, 0.1) is 11.8 Å². The minimum Gasteiger partial charge on any atom is -0.465 e. The van der Waals surface area contributed by atoms with E-state index in [1.807, 2.05) is 6.08 Å². The second-order valence-electron chi connectivity index (χ2n) is 3.82. The van der Waals surface area contributed by atoms with Gasteiger partial charge in [-0.05, 0) is 25.3 Å². The van der Waals surface area contributed by atoms with Crippen LogP contribution in [0.2, 0.25) is 0 Å². The van der Waals surface area contributed by atoms with Gasteiger partial charge in [0.2, 0.25) is 0 Å². The molecule has 2 atom stereocenters. The van der Waals surface area contributed by atoms with Gasteiger partial charge in [0.15, 0.2) is 0 Å². The maximum absolute atomic E-state index is 11.3. The Morgan fingerprint density at radius 3 is 3.00 bits per heavy atom. The number of allylic oxidation sites excluding steroid dienone is 2. The molecule has 0 radical (unpaired) electrons. The van der Waals surface area contributed by atoms with Crippen LogP contribution in [0.3, 0.4) is 0 Å². The van der Waals surface area contributed by atoms with Crippen molar-refractivity contribution in [3.63, 3.8) is 0 Å². The van der Waals surface area contributed by atoms with Crippen molar-refractivity contribution in [2.24, 2.45) is 11.8 Å². The summed E-state index contributed by atoms with van der Waals surface area (Å²) in [5, 5.41) is 0. The molecule has 2 aliphatic rings. The largest absolute Gasteiger partial charge is 0.465 e. The van der Waals surface area contributed by atoms with Crippen molar-refractivity contribution < 1.29 is 9.53 Å². The molecule has 0 saturated carbocycles. The Labute approximate surface area is 78.3 Å². The summed E-state index contributed by atoms with van der Waals surface area (Å²) in [6.07, 6.45) is 3.85. The topological polar surface area (TPSA) is 26.3 Å². The lowest BCUT2D eigenvalue weighted by Crippen LogP contribution is -2.22. The lowest BCUT2D eigenvalue weighted by atomic mass is 9.77. The van der Waals surface area contributed by atoms with Gasteiger partial charge in [-0.1, -0.05) is 18.2 Å². The molecule has 1 heterocycles. The molecule has 0 bridgehead atoms. The van der Waals surface area contributed by atoms with Crippen molar-refractivity contribution in [1.82, 2.24) is 0 Å². The van der Waals surface area contributed by atoms with Gasteiger partial charge < -0.3 is 4.74 Å². The van der Waals surface area contributed by atoms with Crippen molar-refractivity contribution in [2.45, 2.75) is 19.8 Å². The lowest BCUT2D eigenvalue weighted by Gasteiger charge is -2.24. The smallest absolute Gasteiger partial charge is 0.309 e. The van der Waals surface area contributed by atoms with Crippen molar-refractivity contribution in [1.29, 1.82) is 0 Å². The molecule has 0 amide bonds. The number of esters is 1. The van der Waals surface area contributed by atoms with Gasteiger partial charge in [-0.2, -0.15) is 0 Å². The van der Waals surface area contributed by atoms with Crippen LogP contribution in [-0.4, -0.2) is 12.6 Å². The van der Waals surface area contributed by atoms with Gasteiger partial charge in [0.05, 0.1) is 12.5 Å². The van der Waals surface area contributed by atoms with Crippen LogP contribution >= 0.6 is 0 Å². The fraction of sp³-hybridized carbons (Fsp3) is 0.545. The molecule has 0 unspecified atom stereocenters. The Morgan fingerprint density at radius 2 is 2.31 bits per heavy atom. The van der Waals surface area contributed by atoms with Gasteiger partial charge in [-0.25, -0.2) is 0 Å². The fourth-order valence-electron chi connectivity index (χ4n) is 2.34. The highest BCUT2D eigenvalue weighted by Crippen LogP contribution is 2.39. The monoisotopic (exact) mass is 178 g/mol. The van der Waals surface area contributed by atoms with E-state index >= 15 is 0 Å². The van der Waals surface area contributed by atoms with Crippen LogP contribution in [0.15, 0.2) is 23.8 Å². The molecule has 2 nitrogen and oxygen atoms in total. The van der Waals surface area contributed by atoms with E-state index in [0.717, 1.165) is 12.8 Å². The van der Waals surface area contributed by atoms with E-state index < -0.39 is 0 Å². The molecule has 1 aliphatic heterocycles. The van der Waals surface area contributed by atoms with Gasteiger partial charge >= 0.3 is 5.97 Å².